The number of alkyl halides is 3. The van der Waals surface area contributed by atoms with E-state index in [9.17, 15) is 33.6 Å². The molecule has 2 aromatic rings. The van der Waals surface area contributed by atoms with Crippen LogP contribution in [0.1, 0.15) is 59.2 Å². The summed E-state index contributed by atoms with van der Waals surface area (Å²) in [6.07, 6.45) is 2.10. The molecule has 0 spiro atoms. The van der Waals surface area contributed by atoms with Crippen LogP contribution in [-0.4, -0.2) is 165 Å². The summed E-state index contributed by atoms with van der Waals surface area (Å²) >= 11 is 17.8. The molecule has 0 aliphatic carbocycles. The molecule has 358 valence electrons. The monoisotopic (exact) mass is 974 g/mol. The fourth-order valence-electron chi connectivity index (χ4n) is 5.90. The summed E-state index contributed by atoms with van der Waals surface area (Å²) in [4.78, 5) is 95.1. The number of amides is 7. The molecule has 1 fully saturated rings. The number of piperidine rings is 1. The number of halogens is 3. The van der Waals surface area contributed by atoms with Crippen molar-refractivity contribution in [3.63, 3.8) is 0 Å². The normalized spacial score (nSPS) is 15.2. The third-order valence-electron chi connectivity index (χ3n) is 9.07. The van der Waals surface area contributed by atoms with Gasteiger partial charge in [-0.15, -0.1) is 0 Å². The first-order valence-corrected chi connectivity index (χ1v) is 21.9. The number of nitrogens with one attached hydrogen (secondary N) is 5. The Kier molecular flexibility index (Phi) is 23.4. The summed E-state index contributed by atoms with van der Waals surface area (Å²) in [6, 6.07) is 5.16. The van der Waals surface area contributed by atoms with Gasteiger partial charge in [-0.1, -0.05) is 40.9 Å². The highest BCUT2D eigenvalue weighted by atomic mass is 35.6. The zero-order valence-corrected chi connectivity index (χ0v) is 37.7. The van der Waals surface area contributed by atoms with Gasteiger partial charge in [-0.25, -0.2) is 14.8 Å². The molecule has 65 heavy (non-hydrogen) atoms. The second-order valence-corrected chi connectivity index (χ2v) is 16.3. The van der Waals surface area contributed by atoms with Crippen LogP contribution in [0.15, 0.2) is 36.7 Å². The second-order valence-electron chi connectivity index (χ2n) is 13.9. The number of ether oxygens (including phenoxy) is 7. The van der Waals surface area contributed by atoms with Crippen molar-refractivity contribution in [2.45, 2.75) is 54.5 Å². The Labute approximate surface area is 389 Å². The number of nitrogens with zero attached hydrogens (tertiary/aromatic N) is 3. The molecule has 5 N–H and O–H groups in total. The number of fused-ring (bicyclic) bond motifs is 1. The Hall–Kier alpha value is -4.94. The Bertz CT molecular complexity index is 1880. The lowest BCUT2D eigenvalue weighted by atomic mass is 10.0. The molecule has 25 heteroatoms. The van der Waals surface area contributed by atoms with Crippen LogP contribution in [0.3, 0.4) is 0 Å². The lowest BCUT2D eigenvalue weighted by Crippen LogP contribution is -2.54. The van der Waals surface area contributed by atoms with Crippen molar-refractivity contribution in [2.75, 3.05) is 97.7 Å². The fraction of sp³-hybridized carbons (Fsp3) is 0.575. The van der Waals surface area contributed by atoms with Gasteiger partial charge in [0.25, 0.3) is 11.8 Å². The molecule has 2 aliphatic rings. The van der Waals surface area contributed by atoms with Crippen molar-refractivity contribution < 1.29 is 66.7 Å². The minimum atomic E-state index is -1.93. The first-order valence-electron chi connectivity index (χ1n) is 20.8. The molecule has 22 nitrogen and oxygen atoms in total. The summed E-state index contributed by atoms with van der Waals surface area (Å²) in [7, 11) is 0. The number of aromatic nitrogens is 2. The summed E-state index contributed by atoms with van der Waals surface area (Å²) in [5.74, 6) is -2.50. The van der Waals surface area contributed by atoms with E-state index in [0.29, 0.717) is 72.2 Å². The van der Waals surface area contributed by atoms with Crippen molar-refractivity contribution in [3.05, 3.63) is 47.8 Å². The average Bonchev–Trinajstić information content (AvgIpc) is 3.53. The lowest BCUT2D eigenvalue weighted by Gasteiger charge is -2.27. The number of carbonyl (C=O) groups is 7. The molecular weight excluding hydrogens is 923 g/mol. The number of rotatable bonds is 31. The first-order chi connectivity index (χ1) is 31.3. The van der Waals surface area contributed by atoms with Crippen LogP contribution in [0, 0.1) is 0 Å². The number of alkyl carbamates (subject to hydrolysis) is 1. The van der Waals surface area contributed by atoms with Crippen molar-refractivity contribution in [1.29, 1.82) is 0 Å². The van der Waals surface area contributed by atoms with Gasteiger partial charge in [-0.3, -0.25) is 44.3 Å². The Morgan fingerprint density at radius 1 is 0.738 bits per heavy atom. The molecule has 0 bridgehead atoms. The van der Waals surface area contributed by atoms with E-state index in [2.05, 4.69) is 36.6 Å². The maximum Gasteiger partial charge on any atom is 0.408 e. The maximum absolute atomic E-state index is 13.2. The van der Waals surface area contributed by atoms with Gasteiger partial charge in [0.05, 0.1) is 90.4 Å². The molecule has 0 radical (unpaired) electrons. The van der Waals surface area contributed by atoms with Gasteiger partial charge in [0.2, 0.25) is 33.4 Å². The highest BCUT2D eigenvalue weighted by Crippen LogP contribution is 2.34. The highest BCUT2D eigenvalue weighted by molar-refractivity contribution is 6.68. The summed E-state index contributed by atoms with van der Waals surface area (Å²) in [6.45, 7) is 3.87. The van der Waals surface area contributed by atoms with Crippen molar-refractivity contribution in [3.8, 4) is 5.75 Å². The molecule has 1 aromatic carbocycles. The van der Waals surface area contributed by atoms with Gasteiger partial charge < -0.3 is 49.1 Å². The number of imide groups is 2. The molecule has 7 amide bonds. The van der Waals surface area contributed by atoms with Crippen molar-refractivity contribution in [2.24, 2.45) is 0 Å². The Balaban J connectivity index is 0.874. The first kappa shape index (κ1) is 52.7. The average molecular weight is 976 g/mol. The van der Waals surface area contributed by atoms with Gasteiger partial charge in [-0.2, -0.15) is 0 Å². The summed E-state index contributed by atoms with van der Waals surface area (Å²) in [5.41, 5.74) is 0.194. The zero-order valence-electron chi connectivity index (χ0n) is 35.5. The second kappa shape index (κ2) is 28.9. The number of carbonyl (C=O) groups excluding carboxylic acids is 7. The van der Waals surface area contributed by atoms with E-state index in [1.807, 2.05) is 0 Å². The number of benzene rings is 1. The van der Waals surface area contributed by atoms with Crippen LogP contribution >= 0.6 is 34.8 Å². The fourth-order valence-corrected chi connectivity index (χ4v) is 6.23. The minimum Gasteiger partial charge on any atom is -0.493 e. The molecule has 2 unspecified atom stereocenters. The molecule has 2 atom stereocenters. The van der Waals surface area contributed by atoms with E-state index in [0.717, 1.165) is 4.90 Å². The quantitative estimate of drug-likeness (QED) is 0.0311. The predicted octanol–water partition coefficient (Wildman–Crippen LogP) is 1.67. The van der Waals surface area contributed by atoms with Crippen LogP contribution < -0.4 is 31.3 Å². The third kappa shape index (κ3) is 19.2. The van der Waals surface area contributed by atoms with Gasteiger partial charge in [-0.05, 0) is 37.5 Å². The van der Waals surface area contributed by atoms with Gasteiger partial charge in [0.15, 0.2) is 6.17 Å². The highest BCUT2D eigenvalue weighted by Gasteiger charge is 2.46. The number of hydrogen-bond acceptors (Lipinski definition) is 17. The minimum absolute atomic E-state index is 0.00477. The smallest absolute Gasteiger partial charge is 0.408 e. The standard InChI is InChI=1S/C40H53Cl3N8O14/c41-40(42,43)37(49-38-46-11-2-12-47-38)50-39(58)65-16-4-14-45-31(53)10-18-60-20-22-62-24-26-63-25-23-61-21-19-59-17-9-30(52)44-13-3-15-64-29-6-1-5-27-33(29)36(57)51(35(27)56)28-7-8-32(54)48-34(28)55/h1-2,5-6,11-12,28,37H,3-4,7-10,13-26H2,(H,44,52)(H,45,53)(H,50,58)(H,46,47,49)(H,48,54,55). The van der Waals surface area contributed by atoms with Gasteiger partial charge in [0.1, 0.15) is 11.8 Å². The van der Waals surface area contributed by atoms with E-state index in [1.54, 1.807) is 18.2 Å². The maximum atomic E-state index is 13.2. The predicted molar refractivity (Wildman–Crippen MR) is 231 cm³/mol. The molecule has 4 rings (SSSR count). The Morgan fingerprint density at radius 2 is 1.29 bits per heavy atom. The molecule has 0 saturated carbocycles. The molecule has 1 aromatic heterocycles. The molecule has 3 heterocycles. The van der Waals surface area contributed by atoms with E-state index < -0.39 is 45.7 Å². The third-order valence-corrected chi connectivity index (χ3v) is 9.73. The summed E-state index contributed by atoms with van der Waals surface area (Å²) in [5, 5.41) is 12.7. The molecular formula is C40H53Cl3N8O14. The molecule has 2 aliphatic heterocycles. The topological polar surface area (TPSA) is 273 Å². The van der Waals surface area contributed by atoms with E-state index in [1.165, 1.54) is 18.5 Å². The van der Waals surface area contributed by atoms with E-state index >= 15 is 0 Å². The lowest BCUT2D eigenvalue weighted by molar-refractivity contribution is -0.136. The number of hydrogen-bond donors (Lipinski definition) is 5. The van der Waals surface area contributed by atoms with Crippen LogP contribution in [0.2, 0.25) is 0 Å². The van der Waals surface area contributed by atoms with Crippen molar-refractivity contribution in [1.82, 2.24) is 36.1 Å². The van der Waals surface area contributed by atoms with Crippen LogP contribution in [0.25, 0.3) is 0 Å². The van der Waals surface area contributed by atoms with E-state index in [-0.39, 0.29) is 93.3 Å². The number of anilines is 1. The Morgan fingerprint density at radius 3 is 1.85 bits per heavy atom. The zero-order chi connectivity index (χ0) is 46.9. The summed E-state index contributed by atoms with van der Waals surface area (Å²) < 4.78 is 36.2. The van der Waals surface area contributed by atoms with E-state index in [4.69, 9.17) is 68.0 Å². The largest absolute Gasteiger partial charge is 0.493 e. The van der Waals surface area contributed by atoms with Crippen LogP contribution in [0.5, 0.6) is 5.75 Å². The van der Waals surface area contributed by atoms with Gasteiger partial charge in [0, 0.05) is 44.7 Å². The van der Waals surface area contributed by atoms with Gasteiger partial charge >= 0.3 is 6.09 Å². The molecule has 1 saturated heterocycles. The SMILES string of the molecule is O=C(CCOCCOCCOCCOCCOCCC(=O)NCCCOc1cccc2c1C(=O)N(C1CCC(=O)NC1=O)C2=O)NCCCOC(=O)NC(Nc1ncccn1)C(Cl)(Cl)Cl. The van der Waals surface area contributed by atoms with Crippen molar-refractivity contribution >= 4 is 82.3 Å². The van der Waals surface area contributed by atoms with Crippen LogP contribution in [-0.2, 0) is 47.6 Å². The van der Waals surface area contributed by atoms with Crippen LogP contribution in [0.4, 0.5) is 10.7 Å².